The van der Waals surface area contributed by atoms with Gasteiger partial charge in [0, 0.05) is 0 Å². The van der Waals surface area contributed by atoms with Gasteiger partial charge in [-0.15, -0.1) is 0 Å². The molecule has 0 aromatic heterocycles. The average molecular weight is 186 g/mol. The van der Waals surface area contributed by atoms with Gasteiger partial charge in [0.2, 0.25) is 0 Å². The van der Waals surface area contributed by atoms with Gasteiger partial charge in [0.25, 0.3) is 0 Å². The lowest BCUT2D eigenvalue weighted by Crippen LogP contribution is -2.23. The maximum atomic E-state index is 11.6. The number of aliphatic hydroxyl groups is 1. The molecule has 0 amide bonds. The Balaban J connectivity index is 3.51. The highest BCUT2D eigenvalue weighted by Crippen LogP contribution is 2.16. The van der Waals surface area contributed by atoms with Crippen LogP contribution in [0.5, 0.6) is 0 Å². The zero-order valence-electron chi connectivity index (χ0n) is 7.06. The highest BCUT2D eigenvalue weighted by Gasteiger charge is 2.28. The minimum absolute atomic E-state index is 0.218. The van der Waals surface area contributed by atoms with Gasteiger partial charge in [0.05, 0.1) is 12.2 Å². The number of alkyl halides is 3. The van der Waals surface area contributed by atoms with Gasteiger partial charge in [-0.2, -0.15) is 13.2 Å². The molecule has 0 aromatic rings. The molecule has 0 bridgehead atoms. The van der Waals surface area contributed by atoms with Gasteiger partial charge in [0.15, 0.2) is 0 Å². The Morgan fingerprint density at radius 3 is 2.17 bits per heavy atom. The summed E-state index contributed by atoms with van der Waals surface area (Å²) in [5.41, 5.74) is 0. The molecule has 0 fully saturated rings. The van der Waals surface area contributed by atoms with Crippen molar-refractivity contribution >= 4 is 0 Å². The van der Waals surface area contributed by atoms with Crippen molar-refractivity contribution in [3.05, 3.63) is 0 Å². The van der Waals surface area contributed by atoms with E-state index in [-0.39, 0.29) is 6.42 Å². The summed E-state index contributed by atoms with van der Waals surface area (Å²) < 4.78 is 39.1. The van der Waals surface area contributed by atoms with E-state index in [0.717, 1.165) is 0 Å². The minimum Gasteiger partial charge on any atom is -0.393 e. The Morgan fingerprint density at radius 2 is 1.83 bits per heavy atom. The fraction of sp³-hybridized carbons (Fsp3) is 1.00. The zero-order valence-corrected chi connectivity index (χ0v) is 7.06. The van der Waals surface area contributed by atoms with Crippen LogP contribution in [-0.2, 0) is 4.74 Å². The average Bonchev–Trinajstić information content (AvgIpc) is 1.80. The smallest absolute Gasteiger partial charge is 0.393 e. The quantitative estimate of drug-likeness (QED) is 0.724. The number of aliphatic hydroxyl groups excluding tert-OH is 1. The summed E-state index contributed by atoms with van der Waals surface area (Å²) in [6.45, 7) is 1.76. The molecule has 0 rings (SSSR count). The number of rotatable bonds is 4. The maximum Gasteiger partial charge on any atom is 0.411 e. The molecule has 1 N–H and O–H groups in total. The molecular weight excluding hydrogens is 173 g/mol. The lowest BCUT2D eigenvalue weighted by Gasteiger charge is -2.15. The van der Waals surface area contributed by atoms with E-state index >= 15 is 0 Å². The Morgan fingerprint density at radius 1 is 1.33 bits per heavy atom. The van der Waals surface area contributed by atoms with Crippen LogP contribution in [0.25, 0.3) is 0 Å². The summed E-state index contributed by atoms with van der Waals surface area (Å²) >= 11 is 0. The summed E-state index contributed by atoms with van der Waals surface area (Å²) in [6.07, 6.45) is -5.26. The second-order valence-corrected chi connectivity index (χ2v) is 2.82. The summed E-state index contributed by atoms with van der Waals surface area (Å²) in [5.74, 6) is 0. The summed E-state index contributed by atoms with van der Waals surface area (Å²) in [6, 6.07) is 0. The molecule has 0 aromatic carbocycles. The fourth-order valence-corrected chi connectivity index (χ4v) is 0.785. The number of hydrogen-bond donors (Lipinski definition) is 1. The Bertz CT molecular complexity index is 122. The molecule has 0 heterocycles. The second-order valence-electron chi connectivity index (χ2n) is 2.82. The Kier molecular flexibility index (Phi) is 4.55. The van der Waals surface area contributed by atoms with Crippen molar-refractivity contribution in [3.63, 3.8) is 0 Å². The van der Waals surface area contributed by atoms with Gasteiger partial charge in [-0.3, -0.25) is 0 Å². The fourth-order valence-electron chi connectivity index (χ4n) is 0.785. The van der Waals surface area contributed by atoms with Crippen molar-refractivity contribution in [1.29, 1.82) is 0 Å². The van der Waals surface area contributed by atoms with Crippen LogP contribution < -0.4 is 0 Å². The van der Waals surface area contributed by atoms with E-state index in [4.69, 9.17) is 5.11 Å². The first-order valence-electron chi connectivity index (χ1n) is 3.67. The van der Waals surface area contributed by atoms with E-state index in [9.17, 15) is 13.2 Å². The van der Waals surface area contributed by atoms with Gasteiger partial charge in [-0.1, -0.05) is 0 Å². The molecule has 12 heavy (non-hydrogen) atoms. The van der Waals surface area contributed by atoms with Crippen molar-refractivity contribution in [2.75, 3.05) is 6.61 Å². The van der Waals surface area contributed by atoms with Crippen molar-refractivity contribution in [1.82, 2.24) is 0 Å². The van der Waals surface area contributed by atoms with Crippen LogP contribution in [0.4, 0.5) is 13.2 Å². The third-order valence-corrected chi connectivity index (χ3v) is 1.20. The molecular formula is C7H13F3O2. The van der Waals surface area contributed by atoms with E-state index in [1.54, 1.807) is 0 Å². The normalized spacial score (nSPS) is 17.5. The molecule has 0 saturated carbocycles. The van der Waals surface area contributed by atoms with Crippen LogP contribution in [0.2, 0.25) is 0 Å². The van der Waals surface area contributed by atoms with E-state index < -0.39 is 25.0 Å². The van der Waals surface area contributed by atoms with E-state index in [2.05, 4.69) is 4.74 Å². The number of halogens is 3. The Hall–Kier alpha value is -0.290. The monoisotopic (exact) mass is 186 g/mol. The van der Waals surface area contributed by atoms with Crippen molar-refractivity contribution in [3.8, 4) is 0 Å². The van der Waals surface area contributed by atoms with Crippen molar-refractivity contribution < 1.29 is 23.0 Å². The highest BCUT2D eigenvalue weighted by molar-refractivity contribution is 4.57. The molecule has 0 aliphatic carbocycles. The number of ether oxygens (including phenoxy) is 1. The van der Waals surface area contributed by atoms with Crippen LogP contribution >= 0.6 is 0 Å². The molecule has 5 heteroatoms. The Labute approximate surface area is 69.3 Å². The van der Waals surface area contributed by atoms with Gasteiger partial charge in [-0.05, 0) is 20.3 Å². The van der Waals surface area contributed by atoms with Crippen molar-refractivity contribution in [2.24, 2.45) is 0 Å². The molecule has 2 unspecified atom stereocenters. The largest absolute Gasteiger partial charge is 0.411 e. The molecule has 2 atom stereocenters. The predicted octanol–water partition coefficient (Wildman–Crippen LogP) is 1.72. The van der Waals surface area contributed by atoms with Crippen LogP contribution in [0.15, 0.2) is 0 Å². The number of hydrogen-bond acceptors (Lipinski definition) is 2. The molecule has 74 valence electrons. The summed E-state index contributed by atoms with van der Waals surface area (Å²) in [7, 11) is 0. The maximum absolute atomic E-state index is 11.6. The van der Waals surface area contributed by atoms with E-state index in [0.29, 0.717) is 0 Å². The lowest BCUT2D eigenvalue weighted by molar-refractivity contribution is -0.185. The molecule has 2 nitrogen and oxygen atoms in total. The van der Waals surface area contributed by atoms with Crippen LogP contribution in [0.1, 0.15) is 20.3 Å². The first-order valence-corrected chi connectivity index (χ1v) is 3.67. The van der Waals surface area contributed by atoms with Crippen LogP contribution in [0, 0.1) is 0 Å². The van der Waals surface area contributed by atoms with Gasteiger partial charge < -0.3 is 9.84 Å². The molecule has 0 aliphatic rings. The van der Waals surface area contributed by atoms with Crippen LogP contribution in [0.3, 0.4) is 0 Å². The third-order valence-electron chi connectivity index (χ3n) is 1.20. The first kappa shape index (κ1) is 11.7. The lowest BCUT2D eigenvalue weighted by atomic mass is 10.2. The molecule has 0 saturated heterocycles. The van der Waals surface area contributed by atoms with Gasteiger partial charge in [0.1, 0.15) is 6.61 Å². The van der Waals surface area contributed by atoms with Crippen LogP contribution in [-0.4, -0.2) is 30.1 Å². The second kappa shape index (κ2) is 4.67. The standard InChI is InChI=1S/C7H13F3O2/c1-5(11)3-6(2)12-4-7(8,9)10/h5-6,11H,3-4H2,1-2H3. The van der Waals surface area contributed by atoms with E-state index in [1.165, 1.54) is 13.8 Å². The SMILES string of the molecule is CC(O)CC(C)OCC(F)(F)F. The summed E-state index contributed by atoms with van der Waals surface area (Å²) in [4.78, 5) is 0. The topological polar surface area (TPSA) is 29.5 Å². The van der Waals surface area contributed by atoms with Crippen molar-refractivity contribution in [2.45, 2.75) is 38.7 Å². The first-order chi connectivity index (χ1) is 5.31. The van der Waals surface area contributed by atoms with Gasteiger partial charge in [-0.25, -0.2) is 0 Å². The molecule has 0 spiro atoms. The van der Waals surface area contributed by atoms with Gasteiger partial charge >= 0.3 is 6.18 Å². The zero-order chi connectivity index (χ0) is 9.78. The third kappa shape index (κ3) is 7.81. The predicted molar refractivity (Wildman–Crippen MR) is 37.8 cm³/mol. The summed E-state index contributed by atoms with van der Waals surface area (Å²) in [5, 5.41) is 8.79. The molecule has 0 aliphatic heterocycles. The highest BCUT2D eigenvalue weighted by atomic mass is 19.4. The van der Waals surface area contributed by atoms with E-state index in [1.807, 2.05) is 0 Å². The molecule has 0 radical (unpaired) electrons. The minimum atomic E-state index is -4.28.